The summed E-state index contributed by atoms with van der Waals surface area (Å²) < 4.78 is 201. The lowest BCUT2D eigenvalue weighted by molar-refractivity contribution is -0.539. The Morgan fingerprint density at radius 1 is 0.415 bits per heavy atom. The van der Waals surface area contributed by atoms with Crippen molar-refractivity contribution in [2.75, 3.05) is 106 Å². The second-order valence-corrected chi connectivity index (χ2v) is 38.9. The van der Waals surface area contributed by atoms with Gasteiger partial charge in [0.2, 0.25) is 17.7 Å². The van der Waals surface area contributed by atoms with E-state index < -0.39 is 62.3 Å². The molecule has 130 heavy (non-hydrogen) atoms. The molecule has 688 valence electrons. The predicted molar refractivity (Wildman–Crippen MR) is 493 cm³/mol. The van der Waals surface area contributed by atoms with Gasteiger partial charge in [0, 0.05) is 65.3 Å². The van der Waals surface area contributed by atoms with Crippen molar-refractivity contribution in [2.24, 2.45) is 0 Å². The van der Waals surface area contributed by atoms with Gasteiger partial charge in [0.15, 0.2) is 56.3 Å². The van der Waals surface area contributed by atoms with E-state index in [1.165, 1.54) is 126 Å². The van der Waals surface area contributed by atoms with E-state index >= 15 is 0 Å². The van der Waals surface area contributed by atoms with E-state index in [9.17, 15) is 64.8 Å². The summed E-state index contributed by atoms with van der Waals surface area (Å²) in [6.07, 6.45) is 4.93. The van der Waals surface area contributed by atoms with Gasteiger partial charge < -0.3 is 28.4 Å². The van der Waals surface area contributed by atoms with Crippen LogP contribution in [-0.2, 0) is 75.4 Å². The van der Waals surface area contributed by atoms with Crippen molar-refractivity contribution in [3.8, 4) is 22.3 Å². The highest BCUT2D eigenvalue weighted by Crippen LogP contribution is 2.48. The first kappa shape index (κ1) is 101. The Kier molecular flexibility index (Phi) is 37.7. The van der Waals surface area contributed by atoms with Crippen LogP contribution in [0, 0.1) is 3.91 Å². The molecular formula is C95H100BF9N8O12S5. The molecule has 0 amide bonds. The molecule has 20 nitrogen and oxygen atoms in total. The van der Waals surface area contributed by atoms with Crippen molar-refractivity contribution >= 4 is 97.9 Å². The zero-order valence-electron chi connectivity index (χ0n) is 72.0. The van der Waals surface area contributed by atoms with E-state index in [0.717, 1.165) is 6.54 Å². The molecule has 11 aromatic carbocycles. The van der Waals surface area contributed by atoms with Gasteiger partial charge in [-0.25, -0.2) is 0 Å². The minimum atomic E-state index is -8.02. The minimum absolute atomic E-state index is 0.168. The number of amidine groups is 1. The first-order chi connectivity index (χ1) is 62.4. The lowest BCUT2D eigenvalue weighted by Gasteiger charge is -2.44. The van der Waals surface area contributed by atoms with Crippen LogP contribution in [0.15, 0.2) is 340 Å². The highest BCUT2D eigenvalue weighted by Gasteiger charge is 2.63. The average Bonchev–Trinajstić information content (AvgIpc) is 0.725. The molecule has 3 heterocycles. The zero-order chi connectivity index (χ0) is 93.4. The summed E-state index contributed by atoms with van der Waals surface area (Å²) in [7, 11) is -14.8. The lowest BCUT2D eigenvalue weighted by Crippen LogP contribution is -2.74. The number of nitrogens with zero attached hydrogens (tertiary/aromatic N) is 7. The van der Waals surface area contributed by atoms with Crippen molar-refractivity contribution in [3.05, 3.63) is 331 Å². The molecule has 35 heteroatoms. The maximum atomic E-state index is 12.0. The number of alkyl halides is 9. The number of methoxy groups -OCH3 is 6. The van der Waals surface area contributed by atoms with Crippen LogP contribution in [-0.4, -0.2) is 174 Å². The van der Waals surface area contributed by atoms with Gasteiger partial charge in [-0.05, 0) is 120 Å². The fourth-order valence-electron chi connectivity index (χ4n) is 14.7. The number of aromatic nitrogens is 3. The highest BCUT2D eigenvalue weighted by molar-refractivity contribution is 8.29. The first-order valence-corrected chi connectivity index (χ1v) is 47.4. The van der Waals surface area contributed by atoms with Crippen LogP contribution in [0.3, 0.4) is 0 Å². The molecule has 2 aliphatic heterocycles. The summed E-state index contributed by atoms with van der Waals surface area (Å²) in [5, 5.41) is 3.04. The van der Waals surface area contributed by atoms with Crippen LogP contribution >= 0.6 is 11.8 Å². The number of ether oxygens (including phenoxy) is 6. The topological polar surface area (TPSA) is 221 Å². The minimum Gasteiger partial charge on any atom is -0.369 e. The Bertz CT molecular complexity index is 5520. The molecule has 1 aromatic heterocycles. The summed E-state index contributed by atoms with van der Waals surface area (Å²) in [6, 6.07) is 113. The molecule has 0 saturated carbocycles. The van der Waals surface area contributed by atoms with Gasteiger partial charge >= 0.3 is 16.5 Å². The SMILES string of the molecule is COCNC(OC)c1nc(N(COC)COC)nc(N(COC)COC)n1.O=S(=O)([C-](S(=O)(=O)C(F)(F)F)S(=O)(=O)C(F)(F)F)C(F)(F)F.c1ccc(-c2ccc(Sc3ccc([S+](c4ccccc4)c4ccc(-c5ccccc5)cc4)cc3)cc2)cc1.c1ccc(CN2CCC[N+]3=C2CCCCC3)cc1.c1ccc([B-](c2ccccc2)(c2ccccc2)c2ccccc2)cc1. The van der Waals surface area contributed by atoms with E-state index in [2.05, 4.69) is 345 Å². The van der Waals surface area contributed by atoms with Crippen molar-refractivity contribution in [1.82, 2.24) is 25.2 Å². The van der Waals surface area contributed by atoms with Crippen molar-refractivity contribution in [2.45, 2.75) is 85.9 Å². The van der Waals surface area contributed by atoms with E-state index in [1.54, 1.807) is 70.1 Å². The van der Waals surface area contributed by atoms with Gasteiger partial charge in [0.1, 0.15) is 39.6 Å². The van der Waals surface area contributed by atoms with Crippen LogP contribution in [0.1, 0.15) is 49.7 Å². The van der Waals surface area contributed by atoms with E-state index in [4.69, 9.17) is 28.4 Å². The third kappa shape index (κ3) is 26.5. The molecule has 12 aromatic rings. The van der Waals surface area contributed by atoms with Crippen molar-refractivity contribution < 1.29 is 97.8 Å². The molecule has 2 atom stereocenters. The molecule has 0 bridgehead atoms. The average molecular weight is 1890 g/mol. The normalized spacial score (nSPS) is 13.7. The van der Waals surface area contributed by atoms with Gasteiger partial charge in [0.05, 0.1) is 41.2 Å². The Balaban J connectivity index is 0.000000173. The second-order valence-electron chi connectivity index (χ2n) is 29.4. The molecule has 0 fully saturated rings. The number of halogens is 9. The highest BCUT2D eigenvalue weighted by atomic mass is 32.3. The Labute approximate surface area is 760 Å². The Hall–Kier alpha value is -10.8. The number of anilines is 2. The largest absolute Gasteiger partial charge is 0.470 e. The summed E-state index contributed by atoms with van der Waals surface area (Å²) in [6.45, 7) is 6.06. The molecule has 0 radical (unpaired) electrons. The van der Waals surface area contributed by atoms with Gasteiger partial charge in [-0.3, -0.25) is 49.8 Å². The van der Waals surface area contributed by atoms with Crippen LogP contribution in [0.4, 0.5) is 51.4 Å². The smallest absolute Gasteiger partial charge is 0.369 e. The van der Waals surface area contributed by atoms with Crippen LogP contribution < -0.4 is 37.0 Å². The van der Waals surface area contributed by atoms with E-state index in [1.807, 2.05) is 0 Å². The van der Waals surface area contributed by atoms with Gasteiger partial charge in [-0.15, -0.1) is 0 Å². The number of sulfone groups is 3. The number of hydrogen-bond donors (Lipinski definition) is 1. The Morgan fingerprint density at radius 3 is 1.12 bits per heavy atom. The third-order valence-corrected chi connectivity index (χ3v) is 30.9. The zero-order valence-corrected chi connectivity index (χ0v) is 76.1. The molecule has 2 aliphatic rings. The lowest BCUT2D eigenvalue weighted by atomic mass is 9.13. The fourth-order valence-corrected chi connectivity index (χ4v) is 23.3. The summed E-state index contributed by atoms with van der Waals surface area (Å²) in [5.74, 6) is 2.70. The number of hydrogen-bond acceptors (Lipinski definition) is 20. The molecule has 2 unspecified atom stereocenters. The monoisotopic (exact) mass is 1890 g/mol. The molecular weight excluding hydrogens is 1790 g/mol. The third-order valence-electron chi connectivity index (χ3n) is 20.6. The predicted octanol–water partition coefficient (Wildman–Crippen LogP) is 17.2. The van der Waals surface area contributed by atoms with E-state index in [0.29, 0.717) is 17.7 Å². The molecule has 0 aliphatic carbocycles. The maximum absolute atomic E-state index is 12.0. The number of nitrogens with one attached hydrogen (secondary N) is 1. The van der Waals surface area contributed by atoms with Crippen LogP contribution in [0.5, 0.6) is 0 Å². The molecule has 1 N–H and O–H groups in total. The van der Waals surface area contributed by atoms with Crippen LogP contribution in [0.25, 0.3) is 22.3 Å². The Morgan fingerprint density at radius 2 is 0.746 bits per heavy atom. The van der Waals surface area contributed by atoms with Crippen molar-refractivity contribution in [1.29, 1.82) is 0 Å². The maximum Gasteiger partial charge on any atom is 0.470 e. The second kappa shape index (κ2) is 48.4. The molecule has 0 saturated heterocycles. The standard InChI is InChI=1S/C36H27S2.C24H20B.C16H23N2.C15H30N6O6.C4F9O6S3/c1-4-10-28(11-5-1)30-16-20-32(21-17-30)37-33-22-26-36(27-23-33)38(34-14-8-3-9-15-34)35-24-18-31(19-25-35)29-12-6-2-7-13-29;1-5-13-21(14-6-1)25(22-15-7-2-8-16-22,23-17-9-3-10-18-23)24-19-11-4-12-20-24;1-3-8-15(9-4-1)14-18-13-7-12-17-11-6-2-5-10-16(17)18;1-22-7-16-13(27-6)12-17-14(20(8-23-2)9-24-3)19-15(18-12)21(10-25-4)11-26-5;5-2(6,7)20(14,15)1(21(16,17)3(8,9)10)22(18,19)4(11,12)13/h1-27H;1-20H;1,3-4,8-9H,2,5-7,10-14H2;13,16H,7-11H2,1-6H3;/q+1;-1;+1;;-1. The fraction of sp³-hybridized carbons (Fsp3) is 0.253. The molecule has 0 spiro atoms. The van der Waals surface area contributed by atoms with Gasteiger partial charge in [-0.1, -0.05) is 254 Å². The first-order valence-electron chi connectivity index (χ1n) is 40.9. The van der Waals surface area contributed by atoms with E-state index in [-0.39, 0.29) is 44.5 Å². The number of rotatable bonds is 31. The summed E-state index contributed by atoms with van der Waals surface area (Å²) in [4.78, 5) is 26.0. The van der Waals surface area contributed by atoms with Crippen LogP contribution in [0.2, 0.25) is 0 Å². The number of benzene rings is 11. The quantitative estimate of drug-likeness (QED) is 0.0107. The summed E-state index contributed by atoms with van der Waals surface area (Å²) >= 11 is 1.81. The summed E-state index contributed by atoms with van der Waals surface area (Å²) in [5.41, 5.74) is -9.39. The molecule has 14 rings (SSSR count). The van der Waals surface area contributed by atoms with Gasteiger partial charge in [0.25, 0.3) is 0 Å². The van der Waals surface area contributed by atoms with Crippen molar-refractivity contribution in [3.63, 3.8) is 0 Å². The van der Waals surface area contributed by atoms with Gasteiger partial charge in [-0.2, -0.15) is 76.3 Å².